The summed E-state index contributed by atoms with van der Waals surface area (Å²) in [7, 11) is 0. The summed E-state index contributed by atoms with van der Waals surface area (Å²) >= 11 is 0. The summed E-state index contributed by atoms with van der Waals surface area (Å²) in [5, 5.41) is 0. The summed E-state index contributed by atoms with van der Waals surface area (Å²) in [6.45, 7) is 3.12. The normalized spacial score (nSPS) is 26.1. The van der Waals surface area contributed by atoms with Crippen LogP contribution in [0.15, 0.2) is 18.2 Å². The Balaban J connectivity index is 2.26. The standard InChI is InChI=1S/C13H17F2NO/c1-7-4-5-8(6-9(7)17-12(14)15)10-11(16)13(10,2)3/h4-6,10-12H,16H2,1-3H3/t10-,11-/m0/s1. The summed E-state index contributed by atoms with van der Waals surface area (Å²) in [6, 6.07) is 5.51. The molecule has 1 fully saturated rings. The van der Waals surface area contributed by atoms with Crippen molar-refractivity contribution in [3.63, 3.8) is 0 Å². The van der Waals surface area contributed by atoms with E-state index in [4.69, 9.17) is 5.73 Å². The predicted molar refractivity (Wildman–Crippen MR) is 62.3 cm³/mol. The van der Waals surface area contributed by atoms with E-state index in [9.17, 15) is 8.78 Å². The second-order valence-electron chi connectivity index (χ2n) is 5.23. The van der Waals surface area contributed by atoms with Crippen molar-refractivity contribution in [3.05, 3.63) is 29.3 Å². The Morgan fingerprint density at radius 3 is 2.41 bits per heavy atom. The molecule has 4 heteroatoms. The van der Waals surface area contributed by atoms with Crippen LogP contribution >= 0.6 is 0 Å². The highest BCUT2D eigenvalue weighted by atomic mass is 19.3. The van der Waals surface area contributed by atoms with Crippen molar-refractivity contribution >= 4 is 0 Å². The molecule has 0 aromatic heterocycles. The molecule has 1 saturated carbocycles. The highest BCUT2D eigenvalue weighted by molar-refractivity contribution is 5.43. The SMILES string of the molecule is Cc1ccc([C@H]2[C@H](N)C2(C)C)cc1OC(F)F. The van der Waals surface area contributed by atoms with Crippen LogP contribution in [0.3, 0.4) is 0 Å². The van der Waals surface area contributed by atoms with E-state index in [0.717, 1.165) is 5.56 Å². The molecule has 0 heterocycles. The van der Waals surface area contributed by atoms with Crippen molar-refractivity contribution < 1.29 is 13.5 Å². The summed E-state index contributed by atoms with van der Waals surface area (Å²) < 4.78 is 29.0. The minimum absolute atomic E-state index is 0.0390. The summed E-state index contributed by atoms with van der Waals surface area (Å²) in [5.74, 6) is 0.468. The van der Waals surface area contributed by atoms with Gasteiger partial charge in [-0.3, -0.25) is 0 Å². The van der Waals surface area contributed by atoms with E-state index in [1.807, 2.05) is 6.07 Å². The molecule has 0 aliphatic heterocycles. The van der Waals surface area contributed by atoms with Crippen LogP contribution in [0.5, 0.6) is 5.75 Å². The number of halogens is 2. The van der Waals surface area contributed by atoms with Crippen LogP contribution in [-0.4, -0.2) is 12.7 Å². The van der Waals surface area contributed by atoms with Crippen LogP contribution < -0.4 is 10.5 Å². The molecule has 0 radical (unpaired) electrons. The lowest BCUT2D eigenvalue weighted by molar-refractivity contribution is -0.0503. The lowest BCUT2D eigenvalue weighted by Gasteiger charge is -2.10. The molecular weight excluding hydrogens is 224 g/mol. The molecule has 0 unspecified atom stereocenters. The number of rotatable bonds is 3. The van der Waals surface area contributed by atoms with E-state index in [-0.39, 0.29) is 23.1 Å². The first-order valence-electron chi connectivity index (χ1n) is 5.65. The summed E-state index contributed by atoms with van der Waals surface area (Å²) in [5.41, 5.74) is 7.70. The van der Waals surface area contributed by atoms with Crippen LogP contribution in [0, 0.1) is 12.3 Å². The number of ether oxygens (including phenoxy) is 1. The van der Waals surface area contributed by atoms with E-state index >= 15 is 0 Å². The van der Waals surface area contributed by atoms with Gasteiger partial charge in [0.05, 0.1) is 0 Å². The first-order chi connectivity index (χ1) is 7.84. The zero-order chi connectivity index (χ0) is 12.8. The molecule has 1 aliphatic carbocycles. The Hall–Kier alpha value is -1.16. The van der Waals surface area contributed by atoms with Crippen molar-refractivity contribution in [1.82, 2.24) is 0 Å². The first-order valence-corrected chi connectivity index (χ1v) is 5.65. The Morgan fingerprint density at radius 2 is 1.94 bits per heavy atom. The maximum Gasteiger partial charge on any atom is 0.387 e. The van der Waals surface area contributed by atoms with Crippen molar-refractivity contribution in [3.8, 4) is 5.75 Å². The van der Waals surface area contributed by atoms with Gasteiger partial charge >= 0.3 is 6.61 Å². The fourth-order valence-corrected chi connectivity index (χ4v) is 2.35. The maximum atomic E-state index is 12.2. The Bertz CT molecular complexity index is 431. The van der Waals surface area contributed by atoms with Gasteiger partial charge in [0.2, 0.25) is 0 Å². The average Bonchev–Trinajstić information content (AvgIpc) is 2.70. The zero-order valence-electron chi connectivity index (χ0n) is 10.2. The topological polar surface area (TPSA) is 35.2 Å². The largest absolute Gasteiger partial charge is 0.435 e. The van der Waals surface area contributed by atoms with Gasteiger partial charge in [-0.15, -0.1) is 0 Å². The number of alkyl halides is 2. The molecule has 0 saturated heterocycles. The molecule has 0 bridgehead atoms. The highest BCUT2D eigenvalue weighted by Crippen LogP contribution is 2.57. The third-order valence-corrected chi connectivity index (χ3v) is 3.70. The molecule has 2 N–H and O–H groups in total. The smallest absolute Gasteiger partial charge is 0.387 e. The number of benzene rings is 1. The number of aryl methyl sites for hydroxylation is 1. The third-order valence-electron chi connectivity index (χ3n) is 3.70. The van der Waals surface area contributed by atoms with Gasteiger partial charge in [0.25, 0.3) is 0 Å². The Kier molecular flexibility index (Phi) is 2.86. The molecule has 2 nitrogen and oxygen atoms in total. The Labute approximate surface area is 99.8 Å². The van der Waals surface area contributed by atoms with Crippen LogP contribution in [0.2, 0.25) is 0 Å². The lowest BCUT2D eigenvalue weighted by Crippen LogP contribution is -2.06. The van der Waals surface area contributed by atoms with Gasteiger partial charge in [0.1, 0.15) is 5.75 Å². The van der Waals surface area contributed by atoms with Crippen molar-refractivity contribution in [2.24, 2.45) is 11.1 Å². The lowest BCUT2D eigenvalue weighted by atomic mass is 10.0. The fourth-order valence-electron chi connectivity index (χ4n) is 2.35. The number of nitrogens with two attached hydrogens (primary N) is 1. The molecule has 94 valence electrons. The molecule has 17 heavy (non-hydrogen) atoms. The van der Waals surface area contributed by atoms with E-state index in [1.165, 1.54) is 0 Å². The number of hydrogen-bond acceptors (Lipinski definition) is 2. The summed E-state index contributed by atoms with van der Waals surface area (Å²) in [6.07, 6.45) is 0. The van der Waals surface area contributed by atoms with Crippen LogP contribution in [0.4, 0.5) is 8.78 Å². The van der Waals surface area contributed by atoms with Crippen LogP contribution in [0.1, 0.15) is 30.9 Å². The molecular formula is C13H17F2NO. The van der Waals surface area contributed by atoms with Crippen molar-refractivity contribution in [1.29, 1.82) is 0 Å². The van der Waals surface area contributed by atoms with Gasteiger partial charge < -0.3 is 10.5 Å². The Morgan fingerprint density at radius 1 is 1.35 bits per heavy atom. The van der Waals surface area contributed by atoms with Crippen molar-refractivity contribution in [2.45, 2.75) is 39.3 Å². The fraction of sp³-hybridized carbons (Fsp3) is 0.538. The molecule has 1 aromatic rings. The molecule has 1 aromatic carbocycles. The zero-order valence-corrected chi connectivity index (χ0v) is 10.2. The molecule has 0 amide bonds. The minimum atomic E-state index is -2.79. The van der Waals surface area contributed by atoms with Gasteiger partial charge in [0.15, 0.2) is 0 Å². The van der Waals surface area contributed by atoms with Gasteiger partial charge in [-0.05, 0) is 29.5 Å². The predicted octanol–water partition coefficient (Wildman–Crippen LogP) is 3.05. The van der Waals surface area contributed by atoms with Gasteiger partial charge in [0, 0.05) is 12.0 Å². The quantitative estimate of drug-likeness (QED) is 0.882. The first kappa shape index (κ1) is 12.3. The molecule has 2 atom stereocenters. The second kappa shape index (κ2) is 3.95. The van der Waals surface area contributed by atoms with E-state index < -0.39 is 6.61 Å². The second-order valence-corrected chi connectivity index (χ2v) is 5.23. The van der Waals surface area contributed by atoms with Gasteiger partial charge in [-0.1, -0.05) is 26.0 Å². The molecule has 1 aliphatic rings. The maximum absolute atomic E-state index is 12.2. The van der Waals surface area contributed by atoms with E-state index in [1.54, 1.807) is 19.1 Å². The van der Waals surface area contributed by atoms with Gasteiger partial charge in [-0.25, -0.2) is 0 Å². The monoisotopic (exact) mass is 241 g/mol. The number of hydrogen-bond donors (Lipinski definition) is 1. The highest BCUT2D eigenvalue weighted by Gasteiger charge is 2.56. The molecule has 2 rings (SSSR count). The summed E-state index contributed by atoms with van der Waals surface area (Å²) in [4.78, 5) is 0. The minimum Gasteiger partial charge on any atom is -0.435 e. The van der Waals surface area contributed by atoms with Gasteiger partial charge in [-0.2, -0.15) is 8.78 Å². The third kappa shape index (κ3) is 2.14. The van der Waals surface area contributed by atoms with E-state index in [2.05, 4.69) is 18.6 Å². The average molecular weight is 241 g/mol. The van der Waals surface area contributed by atoms with E-state index in [0.29, 0.717) is 5.56 Å². The van der Waals surface area contributed by atoms with Crippen molar-refractivity contribution in [2.75, 3.05) is 0 Å². The van der Waals surface area contributed by atoms with Crippen LogP contribution in [0.25, 0.3) is 0 Å². The molecule has 0 spiro atoms. The van der Waals surface area contributed by atoms with Crippen LogP contribution in [-0.2, 0) is 0 Å².